The number of nitrogens with zero attached hydrogens (tertiary/aromatic N) is 2. The quantitative estimate of drug-likeness (QED) is 0.615. The summed E-state index contributed by atoms with van der Waals surface area (Å²) in [5, 5.41) is 0. The summed E-state index contributed by atoms with van der Waals surface area (Å²) in [4.78, 5) is 4.70. The molecule has 0 aliphatic carbocycles. The van der Waals surface area contributed by atoms with Crippen LogP contribution in [0.2, 0.25) is 0 Å². The second-order valence-corrected chi connectivity index (χ2v) is 7.76. The zero-order valence-electron chi connectivity index (χ0n) is 16.9. The van der Waals surface area contributed by atoms with E-state index in [1.807, 2.05) is 12.1 Å². The normalized spacial score (nSPS) is 16.9. The summed E-state index contributed by atoms with van der Waals surface area (Å²) in [7, 11) is 0. The molecule has 152 valence electrons. The van der Waals surface area contributed by atoms with Crippen LogP contribution in [0.4, 0.5) is 10.1 Å². The summed E-state index contributed by atoms with van der Waals surface area (Å²) in [6, 6.07) is 15.1. The van der Waals surface area contributed by atoms with Gasteiger partial charge in [-0.2, -0.15) is 0 Å². The third kappa shape index (κ3) is 5.70. The minimum Gasteiger partial charge on any atom is -0.492 e. The van der Waals surface area contributed by atoms with Crippen molar-refractivity contribution >= 4 is 5.69 Å². The highest BCUT2D eigenvalue weighted by molar-refractivity contribution is 5.54. The Morgan fingerprint density at radius 2 is 1.66 bits per heavy atom. The van der Waals surface area contributed by atoms with Gasteiger partial charge in [-0.3, -0.25) is 4.90 Å². The second kappa shape index (κ2) is 9.75. The number of hydrogen-bond donors (Lipinski definition) is 0. The maximum absolute atomic E-state index is 13.0. The molecule has 1 saturated heterocycles. The van der Waals surface area contributed by atoms with Gasteiger partial charge in [-0.25, -0.2) is 4.39 Å². The van der Waals surface area contributed by atoms with Crippen LogP contribution < -0.4 is 9.64 Å². The van der Waals surface area contributed by atoms with Gasteiger partial charge in [0, 0.05) is 25.0 Å². The Morgan fingerprint density at radius 1 is 0.897 bits per heavy atom. The molecule has 2 aromatic carbocycles. The molecule has 3 nitrogen and oxygen atoms in total. The van der Waals surface area contributed by atoms with Crippen molar-refractivity contribution in [2.75, 3.05) is 37.7 Å². The van der Waals surface area contributed by atoms with E-state index in [1.54, 1.807) is 0 Å². The second-order valence-electron chi connectivity index (χ2n) is 7.76. The van der Waals surface area contributed by atoms with Crippen molar-refractivity contribution in [3.8, 4) is 5.75 Å². The average molecular weight is 393 g/mol. The minimum absolute atomic E-state index is 0.177. The van der Waals surface area contributed by atoms with E-state index in [4.69, 9.17) is 4.74 Å². The lowest BCUT2D eigenvalue weighted by molar-refractivity contribution is 0.238. The first-order valence-corrected chi connectivity index (χ1v) is 10.6. The van der Waals surface area contributed by atoms with Crippen LogP contribution in [0.3, 0.4) is 0 Å². The maximum atomic E-state index is 13.0. The third-order valence-corrected chi connectivity index (χ3v) is 5.68. The predicted molar refractivity (Wildman–Crippen MR) is 117 cm³/mol. The number of benzene rings is 2. The van der Waals surface area contributed by atoms with Crippen LogP contribution in [-0.4, -0.2) is 37.7 Å². The fraction of sp³-hybridized carbons (Fsp3) is 0.360. The van der Waals surface area contributed by atoms with Crippen LogP contribution in [0.1, 0.15) is 24.8 Å². The average Bonchev–Trinajstić information content (AvgIpc) is 3.28. The number of allylic oxidation sites excluding steroid dienone is 2. The van der Waals surface area contributed by atoms with Gasteiger partial charge in [-0.1, -0.05) is 18.2 Å². The highest BCUT2D eigenvalue weighted by atomic mass is 19.1. The lowest BCUT2D eigenvalue weighted by atomic mass is 10.0. The number of rotatable bonds is 8. The molecule has 0 amide bonds. The smallest absolute Gasteiger partial charge is 0.123 e. The molecule has 0 radical (unpaired) electrons. The van der Waals surface area contributed by atoms with Gasteiger partial charge >= 0.3 is 0 Å². The fourth-order valence-electron chi connectivity index (χ4n) is 3.88. The molecular weight excluding hydrogens is 363 g/mol. The molecule has 4 heteroatoms. The molecule has 29 heavy (non-hydrogen) atoms. The number of anilines is 1. The lowest BCUT2D eigenvalue weighted by Gasteiger charge is -2.23. The minimum atomic E-state index is -0.177. The Balaban J connectivity index is 1.22. The van der Waals surface area contributed by atoms with Crippen LogP contribution in [0.15, 0.2) is 72.5 Å². The van der Waals surface area contributed by atoms with Gasteiger partial charge in [0.1, 0.15) is 18.2 Å². The van der Waals surface area contributed by atoms with E-state index < -0.39 is 0 Å². The number of hydrogen-bond acceptors (Lipinski definition) is 3. The molecule has 0 saturated carbocycles. The molecule has 0 spiro atoms. The van der Waals surface area contributed by atoms with Crippen LogP contribution in [-0.2, 0) is 6.42 Å². The third-order valence-electron chi connectivity index (χ3n) is 5.68. The molecule has 0 unspecified atom stereocenters. The van der Waals surface area contributed by atoms with Crippen molar-refractivity contribution in [3.63, 3.8) is 0 Å². The standard InChI is InChI=1S/C25H29FN2O/c26-23-7-5-21(6-8-23)3-4-22-13-17-28(18-14-22)24-9-11-25(12-10-24)29-20-19-27-15-1-2-16-27/h5-14,17H,1-4,15-16,18-20H2. The number of ether oxygens (including phenoxy) is 1. The molecule has 0 bridgehead atoms. The molecule has 2 aliphatic heterocycles. The van der Waals surface area contributed by atoms with Gasteiger partial charge in [0.05, 0.1) is 0 Å². The Hall–Kier alpha value is -2.59. The highest BCUT2D eigenvalue weighted by Crippen LogP contribution is 2.23. The molecule has 2 aliphatic rings. The van der Waals surface area contributed by atoms with Crippen molar-refractivity contribution in [2.24, 2.45) is 0 Å². The summed E-state index contributed by atoms with van der Waals surface area (Å²) in [5.74, 6) is 0.758. The molecule has 2 heterocycles. The summed E-state index contributed by atoms with van der Waals surface area (Å²) >= 11 is 0. The summed E-state index contributed by atoms with van der Waals surface area (Å²) in [6.45, 7) is 5.06. The van der Waals surface area contributed by atoms with E-state index in [2.05, 4.69) is 52.4 Å². The van der Waals surface area contributed by atoms with Gasteiger partial charge in [0.25, 0.3) is 0 Å². The van der Waals surface area contributed by atoms with Crippen LogP contribution in [0.25, 0.3) is 0 Å². The molecule has 0 aromatic heterocycles. The van der Waals surface area contributed by atoms with Gasteiger partial charge < -0.3 is 9.64 Å². The number of likely N-dealkylation sites (tertiary alicyclic amines) is 1. The van der Waals surface area contributed by atoms with Crippen molar-refractivity contribution < 1.29 is 9.13 Å². The first-order valence-electron chi connectivity index (χ1n) is 10.6. The molecule has 0 atom stereocenters. The van der Waals surface area contributed by atoms with Gasteiger partial charge in [0.15, 0.2) is 0 Å². The first kappa shape index (κ1) is 19.7. The summed E-state index contributed by atoms with van der Waals surface area (Å²) < 4.78 is 18.9. The molecule has 1 fully saturated rings. The summed E-state index contributed by atoms with van der Waals surface area (Å²) in [5.41, 5.74) is 3.66. The van der Waals surface area contributed by atoms with Crippen LogP contribution in [0.5, 0.6) is 5.75 Å². The largest absolute Gasteiger partial charge is 0.492 e. The molecular formula is C25H29FN2O. The molecule has 0 N–H and O–H groups in total. The molecule has 4 rings (SSSR count). The van der Waals surface area contributed by atoms with Gasteiger partial charge in [-0.15, -0.1) is 0 Å². The summed E-state index contributed by atoms with van der Waals surface area (Å²) in [6.07, 6.45) is 11.1. The van der Waals surface area contributed by atoms with E-state index in [-0.39, 0.29) is 5.82 Å². The van der Waals surface area contributed by atoms with E-state index in [9.17, 15) is 4.39 Å². The monoisotopic (exact) mass is 392 g/mol. The zero-order chi connectivity index (χ0) is 19.9. The first-order chi connectivity index (χ1) is 14.3. The van der Waals surface area contributed by atoms with Crippen LogP contribution >= 0.6 is 0 Å². The SMILES string of the molecule is Fc1ccc(CCC2=CCN(c3ccc(OCCN4CCCC4)cc3)C=C2)cc1. The lowest BCUT2D eigenvalue weighted by Crippen LogP contribution is -2.25. The van der Waals surface area contributed by atoms with Crippen molar-refractivity contribution in [3.05, 3.63) is 83.8 Å². The van der Waals surface area contributed by atoms with E-state index in [1.165, 1.54) is 54.9 Å². The van der Waals surface area contributed by atoms with Crippen molar-refractivity contribution in [1.82, 2.24) is 4.90 Å². The van der Waals surface area contributed by atoms with Gasteiger partial charge in [-0.05, 0) is 92.4 Å². The van der Waals surface area contributed by atoms with Crippen molar-refractivity contribution in [1.29, 1.82) is 0 Å². The Bertz CT molecular complexity index is 836. The Morgan fingerprint density at radius 3 is 2.34 bits per heavy atom. The zero-order valence-corrected chi connectivity index (χ0v) is 16.9. The van der Waals surface area contributed by atoms with Crippen molar-refractivity contribution in [2.45, 2.75) is 25.7 Å². The van der Waals surface area contributed by atoms with Crippen LogP contribution in [0, 0.1) is 5.82 Å². The maximum Gasteiger partial charge on any atom is 0.123 e. The van der Waals surface area contributed by atoms with E-state index >= 15 is 0 Å². The number of aryl methyl sites for hydroxylation is 1. The number of halogens is 1. The highest BCUT2D eigenvalue weighted by Gasteiger charge is 2.11. The van der Waals surface area contributed by atoms with Gasteiger partial charge in [0.2, 0.25) is 0 Å². The topological polar surface area (TPSA) is 15.7 Å². The predicted octanol–water partition coefficient (Wildman–Crippen LogP) is 5.19. The van der Waals surface area contributed by atoms with E-state index in [0.29, 0.717) is 0 Å². The Labute approximate surface area is 173 Å². The molecule has 2 aromatic rings. The van der Waals surface area contributed by atoms with E-state index in [0.717, 1.165) is 38.3 Å². The fourth-order valence-corrected chi connectivity index (χ4v) is 3.88. The Kier molecular flexibility index (Phi) is 6.63.